The van der Waals surface area contributed by atoms with Gasteiger partial charge in [-0.2, -0.15) is 0 Å². The van der Waals surface area contributed by atoms with Crippen molar-refractivity contribution in [1.82, 2.24) is 4.90 Å². The lowest BCUT2D eigenvalue weighted by Gasteiger charge is -2.45. The summed E-state index contributed by atoms with van der Waals surface area (Å²) in [5.74, 6) is 0. The highest BCUT2D eigenvalue weighted by Crippen LogP contribution is 2.23. The molecule has 2 unspecified atom stereocenters. The predicted molar refractivity (Wildman–Crippen MR) is 55.8 cm³/mol. The van der Waals surface area contributed by atoms with Crippen LogP contribution < -0.4 is 0 Å². The Morgan fingerprint density at radius 3 is 1.86 bits per heavy atom. The summed E-state index contributed by atoms with van der Waals surface area (Å²) >= 11 is 0. The molecule has 0 bridgehead atoms. The van der Waals surface area contributed by atoms with E-state index in [9.17, 15) is 10.2 Å². The van der Waals surface area contributed by atoms with Gasteiger partial charge < -0.3 is 15.3 Å². The molecule has 0 aliphatic rings. The smallest absolute Gasteiger partial charge is 0.139 e. The van der Waals surface area contributed by atoms with Crippen molar-refractivity contribution in [1.29, 1.82) is 0 Å². The molecule has 14 heavy (non-hydrogen) atoms. The molecular formula is C10H23NO3. The average Bonchev–Trinajstić information content (AvgIpc) is 1.98. The predicted octanol–water partition coefficient (Wildman–Crippen LogP) is 0.168. The number of β-amino-alcohol motifs (C(OH)–C–C–N with tert-alkyl or cyclic N) is 1. The van der Waals surface area contributed by atoms with Crippen molar-refractivity contribution in [2.45, 2.75) is 52.0 Å². The molecule has 0 amide bonds. The highest BCUT2D eigenvalue weighted by atomic mass is 16.4. The van der Waals surface area contributed by atoms with E-state index < -0.39 is 11.8 Å². The van der Waals surface area contributed by atoms with Crippen LogP contribution in [-0.2, 0) is 0 Å². The van der Waals surface area contributed by atoms with Crippen LogP contribution in [-0.4, -0.2) is 50.7 Å². The monoisotopic (exact) mass is 205 g/mol. The standard InChI is InChI=1S/C10H23NO3/c1-8(13)6-11(9(2,3)4)10(5,14)7-12/h8,12-14H,6-7H2,1-5H3. The SMILES string of the molecule is CC(O)CN(C(C)(C)C)C(C)(O)CO. The van der Waals surface area contributed by atoms with Crippen molar-refractivity contribution >= 4 is 0 Å². The first kappa shape index (κ1) is 13.8. The van der Waals surface area contributed by atoms with E-state index in [-0.39, 0.29) is 12.1 Å². The second-order valence-corrected chi connectivity index (χ2v) is 5.01. The van der Waals surface area contributed by atoms with Crippen molar-refractivity contribution in [3.63, 3.8) is 0 Å². The molecule has 86 valence electrons. The van der Waals surface area contributed by atoms with Gasteiger partial charge in [-0.25, -0.2) is 0 Å². The Hall–Kier alpha value is -0.160. The molecule has 0 spiro atoms. The topological polar surface area (TPSA) is 63.9 Å². The molecule has 0 aliphatic heterocycles. The number of hydrogen-bond donors (Lipinski definition) is 3. The summed E-state index contributed by atoms with van der Waals surface area (Å²) in [6, 6.07) is 0. The van der Waals surface area contributed by atoms with Crippen LogP contribution >= 0.6 is 0 Å². The summed E-state index contributed by atoms with van der Waals surface area (Å²) < 4.78 is 0. The molecule has 0 heterocycles. The Labute approximate surface area is 86.2 Å². The van der Waals surface area contributed by atoms with Crippen molar-refractivity contribution in [3.05, 3.63) is 0 Å². The zero-order chi connectivity index (χ0) is 11.6. The molecule has 0 aliphatic carbocycles. The van der Waals surface area contributed by atoms with Crippen LogP contribution in [0.3, 0.4) is 0 Å². The molecule has 4 heteroatoms. The summed E-state index contributed by atoms with van der Waals surface area (Å²) in [6.07, 6.45) is -0.535. The molecule has 0 saturated carbocycles. The third-order valence-corrected chi connectivity index (χ3v) is 2.14. The molecule has 0 aromatic carbocycles. The summed E-state index contributed by atoms with van der Waals surface area (Å²) in [6.45, 7) is 8.97. The minimum absolute atomic E-state index is 0.302. The van der Waals surface area contributed by atoms with Crippen LogP contribution in [0.2, 0.25) is 0 Å². The first-order valence-corrected chi connectivity index (χ1v) is 4.90. The number of aliphatic hydroxyl groups excluding tert-OH is 2. The Bertz CT molecular complexity index is 173. The lowest BCUT2D eigenvalue weighted by atomic mass is 10.0. The third kappa shape index (κ3) is 3.92. The van der Waals surface area contributed by atoms with Gasteiger partial charge in [0.25, 0.3) is 0 Å². The minimum atomic E-state index is -1.30. The Morgan fingerprint density at radius 1 is 1.21 bits per heavy atom. The molecular weight excluding hydrogens is 182 g/mol. The third-order valence-electron chi connectivity index (χ3n) is 2.14. The van der Waals surface area contributed by atoms with E-state index in [1.165, 1.54) is 0 Å². The van der Waals surface area contributed by atoms with Crippen LogP contribution in [0.4, 0.5) is 0 Å². The van der Waals surface area contributed by atoms with E-state index in [0.717, 1.165) is 0 Å². The summed E-state index contributed by atoms with van der Waals surface area (Å²) in [4.78, 5) is 1.69. The number of rotatable bonds is 4. The van der Waals surface area contributed by atoms with Gasteiger partial charge in [0.1, 0.15) is 5.72 Å². The van der Waals surface area contributed by atoms with Crippen molar-refractivity contribution in [2.75, 3.05) is 13.2 Å². The maximum atomic E-state index is 9.93. The lowest BCUT2D eigenvalue weighted by molar-refractivity contribution is -0.168. The van der Waals surface area contributed by atoms with E-state index in [4.69, 9.17) is 5.11 Å². The van der Waals surface area contributed by atoms with Gasteiger partial charge in [-0.15, -0.1) is 0 Å². The molecule has 0 saturated heterocycles. The fourth-order valence-corrected chi connectivity index (χ4v) is 1.54. The highest BCUT2D eigenvalue weighted by molar-refractivity contribution is 4.86. The van der Waals surface area contributed by atoms with Gasteiger partial charge >= 0.3 is 0 Å². The van der Waals surface area contributed by atoms with Crippen molar-refractivity contribution in [3.8, 4) is 0 Å². The zero-order valence-electron chi connectivity index (χ0n) is 9.78. The molecule has 3 N–H and O–H groups in total. The van der Waals surface area contributed by atoms with Gasteiger partial charge in [0.05, 0.1) is 12.7 Å². The van der Waals surface area contributed by atoms with Gasteiger partial charge in [-0.3, -0.25) is 4.90 Å². The zero-order valence-corrected chi connectivity index (χ0v) is 9.78. The Morgan fingerprint density at radius 2 is 1.64 bits per heavy atom. The average molecular weight is 205 g/mol. The van der Waals surface area contributed by atoms with Crippen LogP contribution in [0, 0.1) is 0 Å². The van der Waals surface area contributed by atoms with Gasteiger partial charge in [-0.1, -0.05) is 0 Å². The molecule has 2 atom stereocenters. The first-order valence-electron chi connectivity index (χ1n) is 4.90. The maximum Gasteiger partial charge on any atom is 0.139 e. The molecule has 0 rings (SSSR count). The van der Waals surface area contributed by atoms with Gasteiger partial charge in [-0.05, 0) is 34.6 Å². The van der Waals surface area contributed by atoms with E-state index in [1.54, 1.807) is 18.7 Å². The van der Waals surface area contributed by atoms with Crippen molar-refractivity contribution < 1.29 is 15.3 Å². The second kappa shape index (κ2) is 4.57. The molecule has 0 radical (unpaired) electrons. The molecule has 0 fully saturated rings. The quantitative estimate of drug-likeness (QED) is 0.572. The normalized spacial score (nSPS) is 19.5. The van der Waals surface area contributed by atoms with Crippen LogP contribution in [0.5, 0.6) is 0 Å². The lowest BCUT2D eigenvalue weighted by Crippen LogP contribution is -2.59. The summed E-state index contributed by atoms with van der Waals surface area (Å²) in [5.41, 5.74) is -1.60. The number of hydrogen-bond acceptors (Lipinski definition) is 4. The molecule has 0 aromatic rings. The molecule has 4 nitrogen and oxygen atoms in total. The van der Waals surface area contributed by atoms with Crippen LogP contribution in [0.25, 0.3) is 0 Å². The van der Waals surface area contributed by atoms with Gasteiger partial charge in [0.2, 0.25) is 0 Å². The van der Waals surface area contributed by atoms with E-state index in [0.29, 0.717) is 6.54 Å². The van der Waals surface area contributed by atoms with Crippen molar-refractivity contribution in [2.24, 2.45) is 0 Å². The van der Waals surface area contributed by atoms with Crippen LogP contribution in [0.1, 0.15) is 34.6 Å². The van der Waals surface area contributed by atoms with E-state index >= 15 is 0 Å². The van der Waals surface area contributed by atoms with Crippen LogP contribution in [0.15, 0.2) is 0 Å². The molecule has 0 aromatic heterocycles. The van der Waals surface area contributed by atoms with Gasteiger partial charge in [0.15, 0.2) is 0 Å². The largest absolute Gasteiger partial charge is 0.392 e. The van der Waals surface area contributed by atoms with E-state index in [2.05, 4.69) is 0 Å². The fourth-order valence-electron chi connectivity index (χ4n) is 1.54. The minimum Gasteiger partial charge on any atom is -0.392 e. The summed E-state index contributed by atoms with van der Waals surface area (Å²) in [5, 5.41) is 28.3. The number of nitrogens with zero attached hydrogens (tertiary/aromatic N) is 1. The second-order valence-electron chi connectivity index (χ2n) is 5.01. The first-order chi connectivity index (χ1) is 6.11. The Kier molecular flexibility index (Phi) is 4.52. The number of aliphatic hydroxyl groups is 3. The fraction of sp³-hybridized carbons (Fsp3) is 1.00. The highest BCUT2D eigenvalue weighted by Gasteiger charge is 2.36. The van der Waals surface area contributed by atoms with E-state index in [1.807, 2.05) is 20.8 Å². The van der Waals surface area contributed by atoms with Gasteiger partial charge in [0, 0.05) is 12.1 Å². The summed E-state index contributed by atoms with van der Waals surface area (Å²) in [7, 11) is 0. The Balaban J connectivity index is 4.73. The maximum absolute atomic E-state index is 9.93.